The fourth-order valence-electron chi connectivity index (χ4n) is 2.25. The van der Waals surface area contributed by atoms with E-state index in [0.717, 1.165) is 6.42 Å². The minimum atomic E-state index is -3.22. The predicted octanol–water partition coefficient (Wildman–Crippen LogP) is 4.53. The second-order valence-corrected chi connectivity index (χ2v) is 7.34. The first-order chi connectivity index (χ1) is 9.68. The summed E-state index contributed by atoms with van der Waals surface area (Å²) in [6.07, 6.45) is 3.55. The van der Waals surface area contributed by atoms with E-state index in [2.05, 4.69) is 13.8 Å². The fraction of sp³-hybridized carbons (Fsp3) is 0.800. The van der Waals surface area contributed by atoms with Crippen LogP contribution in [0.25, 0.3) is 0 Å². The molecule has 1 aliphatic rings. The summed E-state index contributed by atoms with van der Waals surface area (Å²) in [6.45, 7) is 12.5. The molecular formula is C15H29O5P. The van der Waals surface area contributed by atoms with Crippen molar-refractivity contribution >= 4 is 13.6 Å². The highest BCUT2D eigenvalue weighted by Gasteiger charge is 2.25. The van der Waals surface area contributed by atoms with Gasteiger partial charge in [-0.3, -0.25) is 18.4 Å². The smallest absolute Gasteiger partial charge is 0.295 e. The van der Waals surface area contributed by atoms with Crippen molar-refractivity contribution in [2.24, 2.45) is 5.41 Å². The largest absolute Gasteiger partial charge is 0.474 e. The molecule has 124 valence electrons. The van der Waals surface area contributed by atoms with Crippen LogP contribution in [0.5, 0.6) is 0 Å². The molecule has 0 heterocycles. The van der Waals surface area contributed by atoms with Gasteiger partial charge in [0.05, 0.1) is 19.8 Å². The number of carbonyl (C=O) groups is 1. The molecule has 0 saturated heterocycles. The highest BCUT2D eigenvalue weighted by atomic mass is 31.2. The predicted molar refractivity (Wildman–Crippen MR) is 84.3 cm³/mol. The molecule has 0 spiro atoms. The third kappa shape index (κ3) is 9.20. The van der Waals surface area contributed by atoms with E-state index >= 15 is 0 Å². The Labute approximate surface area is 128 Å². The lowest BCUT2D eigenvalue weighted by Gasteiger charge is -2.27. The number of allylic oxidation sites excluding steroid dienone is 2. The number of phosphoric acid groups is 1. The van der Waals surface area contributed by atoms with Crippen molar-refractivity contribution in [3.05, 3.63) is 11.6 Å². The number of hydrogen-bond donors (Lipinski definition) is 0. The van der Waals surface area contributed by atoms with Crippen molar-refractivity contribution in [1.82, 2.24) is 0 Å². The SMILES string of the molecule is CC1=CC(=O)CC(C)(C)C1.CCOP(=O)(OCC)OCC. The highest BCUT2D eigenvalue weighted by Crippen LogP contribution is 2.48. The summed E-state index contributed by atoms with van der Waals surface area (Å²) in [4.78, 5) is 11.0. The van der Waals surface area contributed by atoms with Crippen molar-refractivity contribution in [2.45, 2.75) is 54.4 Å². The van der Waals surface area contributed by atoms with E-state index in [9.17, 15) is 9.36 Å². The zero-order valence-corrected chi connectivity index (χ0v) is 15.0. The van der Waals surface area contributed by atoms with Crippen LogP contribution in [0, 0.1) is 5.41 Å². The van der Waals surface area contributed by atoms with Crippen molar-refractivity contribution in [3.8, 4) is 0 Å². The monoisotopic (exact) mass is 320 g/mol. The van der Waals surface area contributed by atoms with Crippen molar-refractivity contribution < 1.29 is 22.9 Å². The zero-order chi connectivity index (χ0) is 16.5. The van der Waals surface area contributed by atoms with E-state index in [1.165, 1.54) is 5.57 Å². The number of phosphoric ester groups is 1. The third-order valence-electron chi connectivity index (χ3n) is 2.68. The Kier molecular flexibility index (Phi) is 9.30. The first kappa shape index (κ1) is 20.5. The number of rotatable bonds is 6. The van der Waals surface area contributed by atoms with Gasteiger partial charge in [-0.25, -0.2) is 4.57 Å². The zero-order valence-electron chi connectivity index (χ0n) is 14.1. The lowest BCUT2D eigenvalue weighted by molar-refractivity contribution is -0.117. The average Bonchev–Trinajstić information content (AvgIpc) is 2.26. The summed E-state index contributed by atoms with van der Waals surface area (Å²) in [6, 6.07) is 0. The molecule has 0 atom stereocenters. The highest BCUT2D eigenvalue weighted by molar-refractivity contribution is 7.48. The second kappa shape index (κ2) is 9.52. The van der Waals surface area contributed by atoms with Crippen LogP contribution in [0.4, 0.5) is 0 Å². The van der Waals surface area contributed by atoms with Crippen LogP contribution in [0.15, 0.2) is 11.6 Å². The third-order valence-corrected chi connectivity index (χ3v) is 4.40. The summed E-state index contributed by atoms with van der Waals surface area (Å²) in [5, 5.41) is 0. The molecule has 0 N–H and O–H groups in total. The van der Waals surface area contributed by atoms with Crippen LogP contribution in [-0.2, 0) is 22.9 Å². The van der Waals surface area contributed by atoms with Gasteiger partial charge in [-0.05, 0) is 45.6 Å². The molecule has 0 aromatic carbocycles. The molecule has 0 aliphatic heterocycles. The van der Waals surface area contributed by atoms with Crippen LogP contribution in [0.3, 0.4) is 0 Å². The van der Waals surface area contributed by atoms with Gasteiger partial charge in [0.25, 0.3) is 0 Å². The van der Waals surface area contributed by atoms with E-state index in [-0.39, 0.29) is 11.2 Å². The minimum Gasteiger partial charge on any atom is -0.295 e. The lowest BCUT2D eigenvalue weighted by atomic mass is 9.77. The molecule has 1 aliphatic carbocycles. The Morgan fingerprint density at radius 3 is 1.76 bits per heavy atom. The summed E-state index contributed by atoms with van der Waals surface area (Å²) in [5.41, 5.74) is 1.43. The van der Waals surface area contributed by atoms with Gasteiger partial charge in [0, 0.05) is 6.42 Å². The molecule has 0 fully saturated rings. The Morgan fingerprint density at radius 1 is 1.05 bits per heavy atom. The Balaban J connectivity index is 0.000000382. The molecule has 0 unspecified atom stereocenters. The Hall–Kier alpha value is -0.480. The summed E-state index contributed by atoms with van der Waals surface area (Å²) in [5.74, 6) is 0.286. The summed E-state index contributed by atoms with van der Waals surface area (Å²) in [7, 11) is -3.22. The van der Waals surface area contributed by atoms with Gasteiger partial charge in [-0.1, -0.05) is 19.4 Å². The Bertz CT molecular complexity index is 377. The van der Waals surface area contributed by atoms with Crippen LogP contribution in [0.1, 0.15) is 54.4 Å². The number of ketones is 1. The molecular weight excluding hydrogens is 291 g/mol. The van der Waals surface area contributed by atoms with Crippen LogP contribution >= 0.6 is 7.82 Å². The van der Waals surface area contributed by atoms with Gasteiger partial charge in [-0.2, -0.15) is 0 Å². The fourth-order valence-corrected chi connectivity index (χ4v) is 3.42. The van der Waals surface area contributed by atoms with Gasteiger partial charge < -0.3 is 0 Å². The van der Waals surface area contributed by atoms with Gasteiger partial charge >= 0.3 is 7.82 Å². The lowest BCUT2D eigenvalue weighted by Crippen LogP contribution is -2.20. The van der Waals surface area contributed by atoms with Crippen LogP contribution in [-0.4, -0.2) is 25.6 Å². The topological polar surface area (TPSA) is 61.8 Å². The van der Waals surface area contributed by atoms with E-state index in [1.807, 2.05) is 6.92 Å². The van der Waals surface area contributed by atoms with Gasteiger partial charge in [0.2, 0.25) is 0 Å². The molecule has 5 nitrogen and oxygen atoms in total. The first-order valence-corrected chi connectivity index (χ1v) is 8.87. The summed E-state index contributed by atoms with van der Waals surface area (Å²) < 4.78 is 25.8. The molecule has 0 amide bonds. The normalized spacial score (nSPS) is 17.8. The maximum absolute atomic E-state index is 11.3. The molecule has 6 heteroatoms. The Morgan fingerprint density at radius 2 is 1.48 bits per heavy atom. The molecule has 21 heavy (non-hydrogen) atoms. The van der Waals surface area contributed by atoms with E-state index in [1.54, 1.807) is 26.8 Å². The minimum absolute atomic E-state index is 0.204. The van der Waals surface area contributed by atoms with Gasteiger partial charge in [0.15, 0.2) is 5.78 Å². The first-order valence-electron chi connectivity index (χ1n) is 7.41. The summed E-state index contributed by atoms with van der Waals surface area (Å²) >= 11 is 0. The molecule has 0 aromatic rings. The number of carbonyl (C=O) groups excluding carboxylic acids is 1. The van der Waals surface area contributed by atoms with Gasteiger partial charge in [0.1, 0.15) is 0 Å². The molecule has 0 bridgehead atoms. The standard InChI is InChI=1S/C9H14O.C6H15O4P/c1-7-4-8(10)6-9(2,3)5-7;1-4-8-11(7,9-5-2)10-6-3/h4H,5-6H2,1-3H3;4-6H2,1-3H3. The number of hydrogen-bond acceptors (Lipinski definition) is 5. The quantitative estimate of drug-likeness (QED) is 0.673. The second-order valence-electron chi connectivity index (χ2n) is 5.68. The average molecular weight is 320 g/mol. The van der Waals surface area contributed by atoms with E-state index in [0.29, 0.717) is 26.2 Å². The van der Waals surface area contributed by atoms with Crippen molar-refractivity contribution in [2.75, 3.05) is 19.8 Å². The maximum Gasteiger partial charge on any atom is 0.474 e. The van der Waals surface area contributed by atoms with Crippen molar-refractivity contribution in [1.29, 1.82) is 0 Å². The molecule has 0 saturated carbocycles. The van der Waals surface area contributed by atoms with Gasteiger partial charge in [-0.15, -0.1) is 0 Å². The molecule has 0 radical (unpaired) electrons. The van der Waals surface area contributed by atoms with Crippen LogP contribution < -0.4 is 0 Å². The van der Waals surface area contributed by atoms with Crippen LogP contribution in [0.2, 0.25) is 0 Å². The van der Waals surface area contributed by atoms with E-state index < -0.39 is 7.82 Å². The molecule has 0 aromatic heterocycles. The van der Waals surface area contributed by atoms with Crippen molar-refractivity contribution in [3.63, 3.8) is 0 Å². The maximum atomic E-state index is 11.3. The molecule has 1 rings (SSSR count). The van der Waals surface area contributed by atoms with E-state index in [4.69, 9.17) is 13.6 Å².